The van der Waals surface area contributed by atoms with E-state index in [0.717, 1.165) is 0 Å². The summed E-state index contributed by atoms with van der Waals surface area (Å²) < 4.78 is 5.03. The minimum absolute atomic E-state index is 0.00328. The van der Waals surface area contributed by atoms with E-state index in [1.807, 2.05) is 0 Å². The standard InChI is InChI=1S/C12H22O7/c1-9(12(6-13,7-14)8-15)19-11(18)5-3-2-4-10(16)17/h9,13-15H,2-8H2,1H3,(H,16,17). The lowest BCUT2D eigenvalue weighted by molar-refractivity contribution is -0.163. The second-order valence-electron chi connectivity index (χ2n) is 4.57. The smallest absolute Gasteiger partial charge is 0.306 e. The van der Waals surface area contributed by atoms with Crippen LogP contribution in [0.2, 0.25) is 0 Å². The van der Waals surface area contributed by atoms with Gasteiger partial charge in [-0.15, -0.1) is 0 Å². The van der Waals surface area contributed by atoms with Gasteiger partial charge >= 0.3 is 11.9 Å². The van der Waals surface area contributed by atoms with Crippen molar-refractivity contribution >= 4 is 11.9 Å². The molecule has 0 aromatic heterocycles. The summed E-state index contributed by atoms with van der Waals surface area (Å²) in [5.74, 6) is -1.46. The molecular weight excluding hydrogens is 256 g/mol. The highest BCUT2D eigenvalue weighted by Crippen LogP contribution is 2.23. The van der Waals surface area contributed by atoms with Crippen LogP contribution in [-0.4, -0.2) is 58.3 Å². The van der Waals surface area contributed by atoms with Gasteiger partial charge in [-0.1, -0.05) is 0 Å². The van der Waals surface area contributed by atoms with Crippen LogP contribution >= 0.6 is 0 Å². The van der Waals surface area contributed by atoms with Gasteiger partial charge in [0.25, 0.3) is 0 Å². The topological polar surface area (TPSA) is 124 Å². The lowest BCUT2D eigenvalue weighted by atomic mass is 9.85. The van der Waals surface area contributed by atoms with Crippen molar-refractivity contribution in [1.29, 1.82) is 0 Å². The van der Waals surface area contributed by atoms with Crippen molar-refractivity contribution in [2.75, 3.05) is 19.8 Å². The lowest BCUT2D eigenvalue weighted by Gasteiger charge is -2.33. The average molecular weight is 278 g/mol. The summed E-state index contributed by atoms with van der Waals surface area (Å²) in [5, 5.41) is 35.9. The van der Waals surface area contributed by atoms with Gasteiger partial charge in [-0.05, 0) is 19.8 Å². The number of carboxylic acids is 1. The molecule has 19 heavy (non-hydrogen) atoms. The molecular formula is C12H22O7. The minimum atomic E-state index is -1.27. The van der Waals surface area contributed by atoms with E-state index in [1.54, 1.807) is 0 Å². The first-order chi connectivity index (χ1) is 8.91. The predicted molar refractivity (Wildman–Crippen MR) is 65.3 cm³/mol. The molecule has 0 aliphatic rings. The van der Waals surface area contributed by atoms with Crippen LogP contribution < -0.4 is 0 Å². The molecule has 0 saturated carbocycles. The number of carbonyl (C=O) groups excluding carboxylic acids is 1. The number of hydrogen-bond donors (Lipinski definition) is 4. The van der Waals surface area contributed by atoms with Crippen molar-refractivity contribution in [3.63, 3.8) is 0 Å². The van der Waals surface area contributed by atoms with Crippen LogP contribution in [0.15, 0.2) is 0 Å². The van der Waals surface area contributed by atoms with E-state index >= 15 is 0 Å². The van der Waals surface area contributed by atoms with Gasteiger partial charge in [0.2, 0.25) is 0 Å². The molecule has 0 amide bonds. The summed E-state index contributed by atoms with van der Waals surface area (Å²) in [7, 11) is 0. The zero-order chi connectivity index (χ0) is 14.9. The fourth-order valence-corrected chi connectivity index (χ4v) is 1.46. The van der Waals surface area contributed by atoms with Crippen LogP contribution in [0.5, 0.6) is 0 Å². The fourth-order valence-electron chi connectivity index (χ4n) is 1.46. The number of unbranched alkanes of at least 4 members (excludes halogenated alkanes) is 1. The number of rotatable bonds is 10. The van der Waals surface area contributed by atoms with Crippen LogP contribution in [0, 0.1) is 5.41 Å². The molecule has 7 nitrogen and oxygen atoms in total. The number of ether oxygens (including phenoxy) is 1. The van der Waals surface area contributed by atoms with Gasteiger partial charge in [-0.25, -0.2) is 0 Å². The van der Waals surface area contributed by atoms with Crippen molar-refractivity contribution in [2.45, 2.75) is 38.7 Å². The van der Waals surface area contributed by atoms with E-state index in [1.165, 1.54) is 6.92 Å². The monoisotopic (exact) mass is 278 g/mol. The molecule has 0 heterocycles. The maximum Gasteiger partial charge on any atom is 0.306 e. The molecule has 0 aromatic carbocycles. The number of aliphatic carboxylic acids is 1. The first-order valence-electron chi connectivity index (χ1n) is 6.15. The van der Waals surface area contributed by atoms with E-state index < -0.39 is 43.3 Å². The minimum Gasteiger partial charge on any atom is -0.481 e. The van der Waals surface area contributed by atoms with Gasteiger partial charge in [0.05, 0.1) is 25.2 Å². The molecule has 1 atom stereocenters. The van der Waals surface area contributed by atoms with E-state index in [-0.39, 0.29) is 12.8 Å². The van der Waals surface area contributed by atoms with Crippen LogP contribution in [0.3, 0.4) is 0 Å². The van der Waals surface area contributed by atoms with Gasteiger partial charge in [0.1, 0.15) is 6.10 Å². The lowest BCUT2D eigenvalue weighted by Crippen LogP contribution is -2.45. The molecule has 0 aliphatic heterocycles. The Hall–Kier alpha value is -1.18. The molecule has 0 bridgehead atoms. The van der Waals surface area contributed by atoms with Crippen molar-refractivity contribution in [2.24, 2.45) is 5.41 Å². The number of aliphatic hydroxyl groups excluding tert-OH is 3. The number of carboxylic acid groups (broad SMARTS) is 1. The summed E-state index contributed by atoms with van der Waals surface area (Å²) in [6.07, 6.45) is -0.00162. The highest BCUT2D eigenvalue weighted by Gasteiger charge is 2.37. The SMILES string of the molecule is CC(OC(=O)CCCCC(=O)O)C(CO)(CO)CO. The largest absolute Gasteiger partial charge is 0.481 e. The Labute approximate surface area is 111 Å². The van der Waals surface area contributed by atoms with Crippen LogP contribution in [-0.2, 0) is 14.3 Å². The molecule has 4 N–H and O–H groups in total. The Balaban J connectivity index is 4.13. The molecule has 7 heteroatoms. The fraction of sp³-hybridized carbons (Fsp3) is 0.833. The molecule has 0 radical (unpaired) electrons. The summed E-state index contributed by atoms with van der Waals surface area (Å²) >= 11 is 0. The maximum absolute atomic E-state index is 11.5. The van der Waals surface area contributed by atoms with Gasteiger partial charge in [-0.3, -0.25) is 9.59 Å². The molecule has 0 rings (SSSR count). The first kappa shape index (κ1) is 17.8. The molecule has 0 aromatic rings. The van der Waals surface area contributed by atoms with Gasteiger partial charge in [0, 0.05) is 12.8 Å². The van der Waals surface area contributed by atoms with Crippen LogP contribution in [0.1, 0.15) is 32.6 Å². The van der Waals surface area contributed by atoms with E-state index in [0.29, 0.717) is 12.8 Å². The first-order valence-corrected chi connectivity index (χ1v) is 6.15. The third kappa shape index (κ3) is 6.00. The van der Waals surface area contributed by atoms with E-state index in [9.17, 15) is 9.59 Å². The number of hydrogen-bond acceptors (Lipinski definition) is 6. The zero-order valence-electron chi connectivity index (χ0n) is 11.0. The molecule has 0 spiro atoms. The number of aliphatic hydroxyl groups is 3. The van der Waals surface area contributed by atoms with E-state index in [2.05, 4.69) is 0 Å². The van der Waals surface area contributed by atoms with Gasteiger partial charge in [0.15, 0.2) is 0 Å². The van der Waals surface area contributed by atoms with Crippen molar-refractivity contribution in [3.05, 3.63) is 0 Å². The third-order valence-electron chi connectivity index (χ3n) is 3.14. The Kier molecular flexibility index (Phi) is 8.29. The quantitative estimate of drug-likeness (QED) is 0.314. The Morgan fingerprint density at radius 2 is 1.53 bits per heavy atom. The third-order valence-corrected chi connectivity index (χ3v) is 3.14. The van der Waals surface area contributed by atoms with Crippen molar-refractivity contribution in [1.82, 2.24) is 0 Å². The predicted octanol–water partition coefficient (Wildman–Crippen LogP) is -0.474. The Bertz CT molecular complexity index is 278. The molecule has 0 fully saturated rings. The summed E-state index contributed by atoms with van der Waals surface area (Å²) in [6.45, 7) is -0.0355. The molecule has 0 aliphatic carbocycles. The summed E-state index contributed by atoms with van der Waals surface area (Å²) in [5.41, 5.74) is -1.27. The van der Waals surface area contributed by atoms with Crippen molar-refractivity contribution in [3.8, 4) is 0 Å². The molecule has 1 unspecified atom stereocenters. The zero-order valence-corrected chi connectivity index (χ0v) is 11.0. The van der Waals surface area contributed by atoms with Crippen molar-refractivity contribution < 1.29 is 34.8 Å². The van der Waals surface area contributed by atoms with Gasteiger partial charge < -0.3 is 25.2 Å². The molecule has 112 valence electrons. The average Bonchev–Trinajstić information content (AvgIpc) is 2.37. The highest BCUT2D eigenvalue weighted by atomic mass is 16.5. The van der Waals surface area contributed by atoms with Gasteiger partial charge in [-0.2, -0.15) is 0 Å². The van der Waals surface area contributed by atoms with Crippen LogP contribution in [0.25, 0.3) is 0 Å². The second-order valence-corrected chi connectivity index (χ2v) is 4.57. The Morgan fingerprint density at radius 3 is 1.95 bits per heavy atom. The van der Waals surface area contributed by atoms with Crippen LogP contribution in [0.4, 0.5) is 0 Å². The summed E-state index contributed by atoms with van der Waals surface area (Å²) in [4.78, 5) is 21.7. The maximum atomic E-state index is 11.5. The van der Waals surface area contributed by atoms with E-state index in [4.69, 9.17) is 25.2 Å². The second kappa shape index (κ2) is 8.84. The normalized spacial score (nSPS) is 13.1. The number of carbonyl (C=O) groups is 2. The Morgan fingerprint density at radius 1 is 1.05 bits per heavy atom. The number of esters is 1. The highest BCUT2D eigenvalue weighted by molar-refractivity contribution is 5.70. The summed E-state index contributed by atoms with van der Waals surface area (Å²) in [6, 6.07) is 0. The molecule has 0 saturated heterocycles.